The number of rotatable bonds is 1. The summed E-state index contributed by atoms with van der Waals surface area (Å²) in [5.74, 6) is 0.801. The van der Waals surface area contributed by atoms with Crippen LogP contribution in [-0.2, 0) is 18.5 Å². The number of benzene rings is 1. The van der Waals surface area contributed by atoms with E-state index >= 15 is 0 Å². The minimum atomic E-state index is -3.39. The predicted molar refractivity (Wildman–Crippen MR) is 241 cm³/mol. The van der Waals surface area contributed by atoms with Crippen molar-refractivity contribution in [2.24, 2.45) is 9.98 Å². The van der Waals surface area contributed by atoms with Crippen LogP contribution in [0.2, 0.25) is 0 Å². The molecule has 5 heterocycles. The number of amides is 2. The van der Waals surface area contributed by atoms with E-state index in [2.05, 4.69) is 30.6 Å². The van der Waals surface area contributed by atoms with Gasteiger partial charge in [-0.1, -0.05) is 56.8 Å². The first-order valence-corrected chi connectivity index (χ1v) is 27.2. The molecule has 1 saturated heterocycles. The molecule has 3 aliphatic rings. The fraction of sp³-hybridized carbons (Fsp3) is 0.308. The molecule has 294 valence electrons. The highest BCUT2D eigenvalue weighted by Gasteiger charge is 2.33. The Labute approximate surface area is 359 Å². The SMILES string of the molecule is CN(C)C=NC1=NC(=S)CS1.CNC(=O)SSC(=O)NC.Cc1nc(=O)ss1.Cc1nc(=S)ss1.O=C1CC(=O)SS1.O=C1SS(=O)(=O)c2ccccc21. The molecular formula is C26H29N7O8S13. The zero-order chi connectivity index (χ0) is 40.8. The third-order valence-corrected chi connectivity index (χ3v) is 17.9. The molecule has 15 nitrogen and oxygen atoms in total. The van der Waals surface area contributed by atoms with Crippen molar-refractivity contribution in [2.75, 3.05) is 33.9 Å². The summed E-state index contributed by atoms with van der Waals surface area (Å²) in [5, 5.41) is 6.55. The summed E-state index contributed by atoms with van der Waals surface area (Å²) in [6.07, 6.45) is 1.84. The van der Waals surface area contributed by atoms with Crippen molar-refractivity contribution in [2.45, 2.75) is 25.2 Å². The Balaban J connectivity index is 0.000000329. The molecule has 6 rings (SSSR count). The normalized spacial score (nSPS) is 14.6. The monoisotopic (exact) mass is 983 g/mol. The Morgan fingerprint density at radius 1 is 0.889 bits per heavy atom. The fourth-order valence-corrected chi connectivity index (χ4v) is 12.4. The van der Waals surface area contributed by atoms with E-state index in [1.54, 1.807) is 50.9 Å². The number of nitrogens with one attached hydrogen (secondary N) is 2. The number of thiocarbonyl (C=S) groups is 1. The van der Waals surface area contributed by atoms with Gasteiger partial charge in [0.2, 0.25) is 24.2 Å². The first-order chi connectivity index (χ1) is 25.4. The molecule has 1 fully saturated rings. The molecule has 0 spiro atoms. The minimum absolute atomic E-state index is 0.0185. The minimum Gasteiger partial charge on any atom is -0.369 e. The fourth-order valence-electron chi connectivity index (χ4n) is 2.52. The molecule has 0 saturated carbocycles. The smallest absolute Gasteiger partial charge is 0.337 e. The number of amidine groups is 1. The Morgan fingerprint density at radius 3 is 1.78 bits per heavy atom. The Hall–Kier alpha value is -1.57. The van der Waals surface area contributed by atoms with Gasteiger partial charge in [0, 0.05) is 55.3 Å². The Bertz CT molecular complexity index is 1980. The van der Waals surface area contributed by atoms with Gasteiger partial charge in [0.15, 0.2) is 9.12 Å². The first kappa shape index (κ1) is 50.4. The summed E-state index contributed by atoms with van der Waals surface area (Å²) < 4.78 is 23.2. The summed E-state index contributed by atoms with van der Waals surface area (Å²) in [5.41, 5.74) is 0.294. The number of aryl methyl sites for hydroxylation is 2. The van der Waals surface area contributed by atoms with E-state index < -0.39 is 8.87 Å². The molecule has 54 heavy (non-hydrogen) atoms. The zero-order valence-corrected chi connectivity index (χ0v) is 39.2. The molecule has 28 heteroatoms. The van der Waals surface area contributed by atoms with Gasteiger partial charge in [0.1, 0.15) is 15.0 Å². The lowest BCUT2D eigenvalue weighted by molar-refractivity contribution is -0.117. The maximum absolute atomic E-state index is 11.2. The maximum Gasteiger partial charge on any atom is 0.337 e. The highest BCUT2D eigenvalue weighted by molar-refractivity contribution is 8.88. The molecule has 0 radical (unpaired) electrons. The van der Waals surface area contributed by atoms with Crippen molar-refractivity contribution in [3.63, 3.8) is 0 Å². The van der Waals surface area contributed by atoms with Gasteiger partial charge < -0.3 is 15.5 Å². The maximum atomic E-state index is 11.2. The van der Waals surface area contributed by atoms with E-state index in [4.69, 9.17) is 24.4 Å². The molecule has 2 amide bonds. The van der Waals surface area contributed by atoms with Crippen LogP contribution in [0.3, 0.4) is 0 Å². The van der Waals surface area contributed by atoms with Crippen LogP contribution in [0.25, 0.3) is 0 Å². The summed E-state index contributed by atoms with van der Waals surface area (Å²) >= 11 is 11.2. The van der Waals surface area contributed by atoms with Crippen molar-refractivity contribution in [1.82, 2.24) is 25.5 Å². The van der Waals surface area contributed by atoms with Gasteiger partial charge in [-0.3, -0.25) is 28.8 Å². The quantitative estimate of drug-likeness (QED) is 0.0807. The second kappa shape index (κ2) is 27.1. The van der Waals surface area contributed by atoms with Gasteiger partial charge in [-0.15, -0.1) is 0 Å². The number of aromatic nitrogens is 2. The molecule has 3 aromatic rings. The Kier molecular flexibility index (Phi) is 25.3. The lowest BCUT2D eigenvalue weighted by atomic mass is 10.2. The number of fused-ring (bicyclic) bond motifs is 1. The van der Waals surface area contributed by atoms with E-state index in [-0.39, 0.29) is 42.0 Å². The number of carbonyl (C=O) groups excluding carboxylic acids is 5. The van der Waals surface area contributed by atoms with Crippen LogP contribution in [0.1, 0.15) is 26.8 Å². The standard InChI is InChI=1S/C7H4O3S2.C6H9N3S2.C4H8N2O2S2.C3H3NOS2.C3H3NS3.C3H2O2S2/c8-7-5-3-1-2-4-6(5)12(9,10)11-7;1-9(2)4-7-6-8-5(10)3-11-6;1-5-3(7)9-10-4(8)6-2;2*1-2-4-3(5)7-6-2;4-2-1-3(5)7-6-2/h1-4H;4H,3H2,1-2H3;1-2H3,(H,5,7)(H,6,8);2*1H3;1H2. The average Bonchev–Trinajstić information content (AvgIpc) is 3.95. The highest BCUT2D eigenvalue weighted by atomic mass is 33.1. The van der Waals surface area contributed by atoms with E-state index in [9.17, 15) is 37.2 Å². The van der Waals surface area contributed by atoms with Crippen LogP contribution < -0.4 is 15.5 Å². The molecule has 2 aromatic heterocycles. The van der Waals surface area contributed by atoms with E-state index in [0.29, 0.717) is 16.4 Å². The molecule has 0 aliphatic carbocycles. The molecule has 1 aromatic carbocycles. The topological polar surface area (TPSA) is 214 Å². The number of hydrogen-bond donors (Lipinski definition) is 2. The van der Waals surface area contributed by atoms with Gasteiger partial charge in [-0.05, 0) is 80.5 Å². The summed E-state index contributed by atoms with van der Waals surface area (Å²) in [4.78, 5) is 81.0. The molecule has 0 bridgehead atoms. The van der Waals surface area contributed by atoms with Gasteiger partial charge in [-0.25, -0.2) is 23.4 Å². The number of hydrogen-bond acceptors (Lipinski definition) is 23. The lowest BCUT2D eigenvalue weighted by Crippen LogP contribution is -2.13. The molecule has 0 unspecified atom stereocenters. The number of thioether (sulfide) groups is 1. The van der Waals surface area contributed by atoms with Gasteiger partial charge >= 0.3 is 4.87 Å². The predicted octanol–water partition coefficient (Wildman–Crippen LogP) is 7.26. The lowest BCUT2D eigenvalue weighted by Gasteiger charge is -2.00. The zero-order valence-electron chi connectivity index (χ0n) is 28.6. The highest BCUT2D eigenvalue weighted by Crippen LogP contribution is 2.37. The molecule has 0 atom stereocenters. The number of nitrogens with zero attached hydrogens (tertiary/aromatic N) is 5. The molecule has 2 N–H and O–H groups in total. The largest absolute Gasteiger partial charge is 0.369 e. The Morgan fingerprint density at radius 2 is 1.44 bits per heavy atom. The van der Waals surface area contributed by atoms with Crippen LogP contribution in [-0.4, -0.2) is 99.5 Å². The third-order valence-electron chi connectivity index (χ3n) is 4.59. The van der Waals surface area contributed by atoms with Crippen molar-refractivity contribution in [3.8, 4) is 0 Å². The summed E-state index contributed by atoms with van der Waals surface area (Å²) in [6.45, 7) is 3.78. The molecule has 3 aliphatic heterocycles. The van der Waals surface area contributed by atoms with Crippen molar-refractivity contribution >= 4 is 183 Å². The van der Waals surface area contributed by atoms with E-state index in [0.717, 1.165) is 73.1 Å². The number of aliphatic imine (C=N–C) groups is 2. The van der Waals surface area contributed by atoms with Crippen LogP contribution in [0.4, 0.5) is 9.59 Å². The van der Waals surface area contributed by atoms with Crippen LogP contribution in [0.5, 0.6) is 0 Å². The van der Waals surface area contributed by atoms with E-state index in [1.165, 1.54) is 46.9 Å². The second-order valence-corrected chi connectivity index (χ2v) is 23.7. The van der Waals surface area contributed by atoms with Gasteiger partial charge in [0.05, 0.1) is 34.2 Å². The van der Waals surface area contributed by atoms with Gasteiger partial charge in [-0.2, -0.15) is 4.98 Å². The first-order valence-electron chi connectivity index (χ1n) is 13.9. The van der Waals surface area contributed by atoms with Crippen molar-refractivity contribution in [3.05, 3.63) is 53.5 Å². The summed E-state index contributed by atoms with van der Waals surface area (Å²) in [6, 6.07) is 6.23. The van der Waals surface area contributed by atoms with E-state index in [1.807, 2.05) is 32.8 Å². The molecular weight excluding hydrogens is 955 g/mol. The summed E-state index contributed by atoms with van der Waals surface area (Å²) in [7, 11) is 13.4. The van der Waals surface area contributed by atoms with Crippen molar-refractivity contribution < 1.29 is 32.4 Å². The van der Waals surface area contributed by atoms with Crippen LogP contribution >= 0.6 is 132 Å². The van der Waals surface area contributed by atoms with Crippen molar-refractivity contribution in [1.29, 1.82) is 0 Å². The van der Waals surface area contributed by atoms with Crippen LogP contribution in [0, 0.1) is 17.8 Å². The third kappa shape index (κ3) is 22.2. The average molecular weight is 984 g/mol. The second-order valence-electron chi connectivity index (χ2n) is 9.06. The van der Waals surface area contributed by atoms with Crippen LogP contribution in [0.15, 0.2) is 43.9 Å². The van der Waals surface area contributed by atoms with Gasteiger partial charge in [0.25, 0.3) is 10.5 Å². The number of carbonyl (C=O) groups is 5.